The molecule has 15 heavy (non-hydrogen) atoms. The van der Waals surface area contributed by atoms with Crippen LogP contribution in [0.15, 0.2) is 30.3 Å². The van der Waals surface area contributed by atoms with Crippen molar-refractivity contribution in [1.82, 2.24) is 5.01 Å². The van der Waals surface area contributed by atoms with Crippen molar-refractivity contribution in [3.8, 4) is 0 Å². The van der Waals surface area contributed by atoms with Gasteiger partial charge in [-0.1, -0.05) is 30.3 Å². The molecule has 0 aliphatic carbocycles. The number of amides is 1. The lowest BCUT2D eigenvalue weighted by atomic mass is 10.2. The summed E-state index contributed by atoms with van der Waals surface area (Å²) in [5.74, 6) is 0. The molecule has 0 spiro atoms. The van der Waals surface area contributed by atoms with Crippen molar-refractivity contribution >= 4 is 6.09 Å². The van der Waals surface area contributed by atoms with Gasteiger partial charge in [-0.25, -0.2) is 14.9 Å². The van der Waals surface area contributed by atoms with Gasteiger partial charge in [0, 0.05) is 0 Å². The van der Waals surface area contributed by atoms with Crippen LogP contribution in [-0.4, -0.2) is 23.2 Å². The predicted molar refractivity (Wildman–Crippen MR) is 51.4 cm³/mol. The van der Waals surface area contributed by atoms with Crippen LogP contribution in [0, 0.1) is 10.1 Å². The number of ether oxygens (including phenoxy) is 1. The maximum absolute atomic E-state index is 11.0. The standard InChI is InChI=1S/C9H10N2O4/c1-10(11(13)14)9(12)15-7-8-5-3-2-4-6-8/h2-6H,7H2,1H3. The molecule has 0 aliphatic rings. The SMILES string of the molecule is CN(C(=O)OCc1ccccc1)[N+](=O)[O-]. The van der Waals surface area contributed by atoms with E-state index in [1.807, 2.05) is 6.07 Å². The fraction of sp³-hybridized carbons (Fsp3) is 0.222. The molecule has 6 nitrogen and oxygen atoms in total. The summed E-state index contributed by atoms with van der Waals surface area (Å²) >= 11 is 0. The van der Waals surface area contributed by atoms with Crippen molar-refractivity contribution in [1.29, 1.82) is 0 Å². The normalized spacial score (nSPS) is 9.40. The Morgan fingerprint density at radius 3 is 2.60 bits per heavy atom. The third kappa shape index (κ3) is 3.26. The number of nitro groups is 1. The number of carbonyl (C=O) groups excluding carboxylic acids is 1. The van der Waals surface area contributed by atoms with Crippen LogP contribution >= 0.6 is 0 Å². The van der Waals surface area contributed by atoms with Crippen LogP contribution in [0.5, 0.6) is 0 Å². The van der Waals surface area contributed by atoms with Crippen molar-refractivity contribution in [3.05, 3.63) is 46.0 Å². The van der Waals surface area contributed by atoms with E-state index in [9.17, 15) is 14.9 Å². The van der Waals surface area contributed by atoms with E-state index in [4.69, 9.17) is 4.74 Å². The summed E-state index contributed by atoms with van der Waals surface area (Å²) in [5, 5.41) is 9.64. The number of rotatable bonds is 3. The molecule has 1 aromatic carbocycles. The Hall–Kier alpha value is -2.11. The van der Waals surface area contributed by atoms with E-state index in [0.29, 0.717) is 5.01 Å². The molecule has 1 aromatic rings. The van der Waals surface area contributed by atoms with Gasteiger partial charge in [0.1, 0.15) is 6.61 Å². The van der Waals surface area contributed by atoms with Crippen molar-refractivity contribution in [2.24, 2.45) is 0 Å². The molecule has 0 saturated heterocycles. The number of hydrazine groups is 1. The fourth-order valence-electron chi connectivity index (χ4n) is 0.879. The van der Waals surface area contributed by atoms with Crippen LogP contribution in [-0.2, 0) is 11.3 Å². The summed E-state index contributed by atoms with van der Waals surface area (Å²) in [5.41, 5.74) is 0.780. The van der Waals surface area contributed by atoms with Gasteiger partial charge in [-0.05, 0) is 10.6 Å². The summed E-state index contributed by atoms with van der Waals surface area (Å²) in [4.78, 5) is 21.2. The van der Waals surface area contributed by atoms with Gasteiger partial charge in [0.05, 0.1) is 7.05 Å². The van der Waals surface area contributed by atoms with Gasteiger partial charge >= 0.3 is 6.09 Å². The second-order valence-corrected chi connectivity index (χ2v) is 2.80. The number of hydrogen-bond acceptors (Lipinski definition) is 4. The molecule has 0 N–H and O–H groups in total. The minimum Gasteiger partial charge on any atom is -0.441 e. The lowest BCUT2D eigenvalue weighted by Gasteiger charge is -2.07. The Bertz CT molecular complexity index is 352. The van der Waals surface area contributed by atoms with Crippen LogP contribution in [0.3, 0.4) is 0 Å². The Morgan fingerprint density at radius 2 is 2.07 bits per heavy atom. The van der Waals surface area contributed by atoms with E-state index >= 15 is 0 Å². The first-order valence-corrected chi connectivity index (χ1v) is 4.20. The molecule has 80 valence electrons. The predicted octanol–water partition coefficient (Wildman–Crippen LogP) is 1.45. The molecular weight excluding hydrogens is 200 g/mol. The highest BCUT2D eigenvalue weighted by Gasteiger charge is 2.19. The molecule has 0 bridgehead atoms. The summed E-state index contributed by atoms with van der Waals surface area (Å²) in [6.07, 6.45) is -0.983. The Kier molecular flexibility index (Phi) is 3.61. The van der Waals surface area contributed by atoms with E-state index in [0.717, 1.165) is 12.6 Å². The smallest absolute Gasteiger partial charge is 0.441 e. The maximum Gasteiger partial charge on any atom is 0.468 e. The Morgan fingerprint density at radius 1 is 1.47 bits per heavy atom. The first-order valence-electron chi connectivity index (χ1n) is 4.20. The molecule has 0 aliphatic heterocycles. The quantitative estimate of drug-likeness (QED) is 0.559. The van der Waals surface area contributed by atoms with Crippen LogP contribution in [0.2, 0.25) is 0 Å². The van der Waals surface area contributed by atoms with Crippen molar-refractivity contribution in [2.75, 3.05) is 7.05 Å². The average molecular weight is 210 g/mol. The zero-order valence-corrected chi connectivity index (χ0v) is 8.12. The number of benzene rings is 1. The fourth-order valence-corrected chi connectivity index (χ4v) is 0.879. The molecule has 0 heterocycles. The monoisotopic (exact) mass is 210 g/mol. The highest BCUT2D eigenvalue weighted by molar-refractivity contribution is 5.65. The summed E-state index contributed by atoms with van der Waals surface area (Å²) in [6.45, 7) is 0.0256. The molecule has 0 fully saturated rings. The molecule has 0 unspecified atom stereocenters. The van der Waals surface area contributed by atoms with Gasteiger partial charge in [0.25, 0.3) is 0 Å². The summed E-state index contributed by atoms with van der Waals surface area (Å²) in [7, 11) is 1.04. The minimum absolute atomic E-state index is 0.0256. The minimum atomic E-state index is -0.983. The van der Waals surface area contributed by atoms with Crippen molar-refractivity contribution < 1.29 is 14.6 Å². The average Bonchev–Trinajstić information content (AvgIpc) is 2.26. The first kappa shape index (κ1) is 11.0. The Labute approximate surface area is 86.2 Å². The van der Waals surface area contributed by atoms with E-state index < -0.39 is 11.1 Å². The third-order valence-corrected chi connectivity index (χ3v) is 1.71. The summed E-state index contributed by atoms with van der Waals surface area (Å²) in [6, 6.07) is 8.94. The summed E-state index contributed by atoms with van der Waals surface area (Å²) < 4.78 is 4.70. The zero-order chi connectivity index (χ0) is 11.3. The number of carbonyl (C=O) groups is 1. The van der Waals surface area contributed by atoms with Gasteiger partial charge in [0.15, 0.2) is 5.03 Å². The van der Waals surface area contributed by atoms with Gasteiger partial charge in [0.2, 0.25) is 0 Å². The molecule has 0 aromatic heterocycles. The highest BCUT2D eigenvalue weighted by atomic mass is 16.7. The molecule has 6 heteroatoms. The van der Waals surface area contributed by atoms with Gasteiger partial charge < -0.3 is 4.74 Å². The molecular formula is C9H10N2O4. The zero-order valence-electron chi connectivity index (χ0n) is 8.12. The van der Waals surface area contributed by atoms with E-state index in [1.165, 1.54) is 0 Å². The third-order valence-electron chi connectivity index (χ3n) is 1.71. The highest BCUT2D eigenvalue weighted by Crippen LogP contribution is 2.02. The van der Waals surface area contributed by atoms with Gasteiger partial charge in [-0.15, -0.1) is 0 Å². The van der Waals surface area contributed by atoms with Crippen LogP contribution in [0.25, 0.3) is 0 Å². The Balaban J connectivity index is 2.44. The molecule has 0 radical (unpaired) electrons. The van der Waals surface area contributed by atoms with E-state index in [2.05, 4.69) is 0 Å². The van der Waals surface area contributed by atoms with Gasteiger partial charge in [-0.3, -0.25) is 0 Å². The number of hydrogen-bond donors (Lipinski definition) is 0. The number of nitrogens with zero attached hydrogens (tertiary/aromatic N) is 2. The largest absolute Gasteiger partial charge is 0.468 e. The van der Waals surface area contributed by atoms with E-state index in [-0.39, 0.29) is 6.61 Å². The molecule has 1 rings (SSSR count). The van der Waals surface area contributed by atoms with Crippen molar-refractivity contribution in [2.45, 2.75) is 6.61 Å². The molecule has 0 atom stereocenters. The maximum atomic E-state index is 11.0. The van der Waals surface area contributed by atoms with Crippen LogP contribution < -0.4 is 0 Å². The second-order valence-electron chi connectivity index (χ2n) is 2.80. The molecule has 1 amide bonds. The van der Waals surface area contributed by atoms with E-state index in [1.54, 1.807) is 24.3 Å². The first-order chi connectivity index (χ1) is 7.11. The molecule has 0 saturated carbocycles. The van der Waals surface area contributed by atoms with Crippen LogP contribution in [0.4, 0.5) is 4.79 Å². The second kappa shape index (κ2) is 4.94. The lowest BCUT2D eigenvalue weighted by molar-refractivity contribution is -0.628. The van der Waals surface area contributed by atoms with Crippen LogP contribution in [0.1, 0.15) is 5.56 Å². The van der Waals surface area contributed by atoms with Gasteiger partial charge in [-0.2, -0.15) is 0 Å². The topological polar surface area (TPSA) is 72.7 Å². The lowest BCUT2D eigenvalue weighted by Crippen LogP contribution is -2.32. The van der Waals surface area contributed by atoms with Crippen molar-refractivity contribution in [3.63, 3.8) is 0 Å².